The van der Waals surface area contributed by atoms with E-state index < -0.39 is 17.5 Å². The molecule has 1 aromatic rings. The Morgan fingerprint density at radius 3 is 2.65 bits per heavy atom. The summed E-state index contributed by atoms with van der Waals surface area (Å²) in [5.74, 6) is -0.304. The van der Waals surface area contributed by atoms with Crippen molar-refractivity contribution in [3.05, 3.63) is 29.8 Å². The molecule has 6 heteroatoms. The second-order valence-corrected chi connectivity index (χ2v) is 4.80. The Labute approximate surface area is 116 Å². The molecule has 1 aliphatic carbocycles. The van der Waals surface area contributed by atoms with E-state index >= 15 is 0 Å². The third-order valence-corrected chi connectivity index (χ3v) is 3.66. The number of carbonyl (C=O) groups is 2. The fraction of sp³-hybridized carbons (Fsp3) is 0.429. The standard InChI is InChI=1S/C14H17NO5/c1-15-13(18)20-11-7-14(8-11,12(16)17)9-4-3-5-10(6-9)19-2/h3-6,11H,7-8H2,1-2H3,(H,15,18)(H,16,17). The third-order valence-electron chi connectivity index (χ3n) is 3.66. The zero-order valence-corrected chi connectivity index (χ0v) is 11.4. The smallest absolute Gasteiger partial charge is 0.407 e. The number of methoxy groups -OCH3 is 1. The molecule has 0 atom stereocenters. The summed E-state index contributed by atoms with van der Waals surface area (Å²) in [6, 6.07) is 6.99. The first-order valence-electron chi connectivity index (χ1n) is 6.28. The summed E-state index contributed by atoms with van der Waals surface area (Å²) < 4.78 is 10.2. The normalized spacial score (nSPS) is 24.4. The van der Waals surface area contributed by atoms with Crippen molar-refractivity contribution in [2.75, 3.05) is 14.2 Å². The maximum atomic E-state index is 11.6. The predicted octanol–water partition coefficient (Wildman–Crippen LogP) is 1.54. The minimum absolute atomic E-state index is 0.267. The Morgan fingerprint density at radius 2 is 2.10 bits per heavy atom. The van der Waals surface area contributed by atoms with Crippen LogP contribution in [-0.4, -0.2) is 37.4 Å². The molecule has 6 nitrogen and oxygen atoms in total. The van der Waals surface area contributed by atoms with Crippen LogP contribution in [0.2, 0.25) is 0 Å². The lowest BCUT2D eigenvalue weighted by Gasteiger charge is -2.43. The van der Waals surface area contributed by atoms with E-state index in [1.807, 2.05) is 0 Å². The Morgan fingerprint density at radius 1 is 1.40 bits per heavy atom. The fourth-order valence-corrected chi connectivity index (χ4v) is 2.47. The number of nitrogens with one attached hydrogen (secondary N) is 1. The number of rotatable bonds is 4. The number of aliphatic carboxylic acids is 1. The number of carboxylic acid groups (broad SMARTS) is 1. The molecule has 0 aliphatic heterocycles. The van der Waals surface area contributed by atoms with Crippen molar-refractivity contribution in [1.82, 2.24) is 5.32 Å². The second-order valence-electron chi connectivity index (χ2n) is 4.80. The first-order valence-corrected chi connectivity index (χ1v) is 6.28. The number of amides is 1. The number of carbonyl (C=O) groups excluding carboxylic acids is 1. The SMILES string of the molecule is CNC(=O)OC1CC(C(=O)O)(c2cccc(OC)c2)C1. The van der Waals surface area contributed by atoms with Crippen LogP contribution in [0, 0.1) is 0 Å². The topological polar surface area (TPSA) is 84.9 Å². The highest BCUT2D eigenvalue weighted by Crippen LogP contribution is 2.46. The van der Waals surface area contributed by atoms with Crippen LogP contribution in [0.15, 0.2) is 24.3 Å². The summed E-state index contributed by atoms with van der Waals surface area (Å²) in [4.78, 5) is 22.7. The van der Waals surface area contributed by atoms with E-state index in [9.17, 15) is 14.7 Å². The molecule has 1 aliphatic rings. The van der Waals surface area contributed by atoms with Crippen LogP contribution in [-0.2, 0) is 14.9 Å². The van der Waals surface area contributed by atoms with Gasteiger partial charge in [0.1, 0.15) is 11.9 Å². The van der Waals surface area contributed by atoms with Gasteiger partial charge in [0.15, 0.2) is 0 Å². The van der Waals surface area contributed by atoms with E-state index in [1.165, 1.54) is 14.2 Å². The first-order chi connectivity index (χ1) is 9.51. The molecule has 1 aromatic carbocycles. The van der Waals surface area contributed by atoms with E-state index in [4.69, 9.17) is 9.47 Å². The summed E-state index contributed by atoms with van der Waals surface area (Å²) >= 11 is 0. The van der Waals surface area contributed by atoms with Gasteiger partial charge in [0, 0.05) is 19.9 Å². The number of ether oxygens (including phenoxy) is 2. The van der Waals surface area contributed by atoms with Crippen LogP contribution in [0.1, 0.15) is 18.4 Å². The highest BCUT2D eigenvalue weighted by atomic mass is 16.6. The molecule has 0 heterocycles. The van der Waals surface area contributed by atoms with Crippen LogP contribution in [0.25, 0.3) is 0 Å². The van der Waals surface area contributed by atoms with Crippen molar-refractivity contribution in [3.8, 4) is 5.75 Å². The van der Waals surface area contributed by atoms with Crippen molar-refractivity contribution in [3.63, 3.8) is 0 Å². The highest BCUT2D eigenvalue weighted by molar-refractivity contribution is 5.83. The largest absolute Gasteiger partial charge is 0.497 e. The minimum atomic E-state index is -1.01. The monoisotopic (exact) mass is 279 g/mol. The predicted molar refractivity (Wildman–Crippen MR) is 70.9 cm³/mol. The quantitative estimate of drug-likeness (QED) is 0.873. The van der Waals surface area contributed by atoms with Gasteiger partial charge in [-0.3, -0.25) is 4.79 Å². The Bertz CT molecular complexity index is 522. The molecule has 0 aromatic heterocycles. The summed E-state index contributed by atoms with van der Waals surface area (Å²) in [6.07, 6.45) is -0.386. The van der Waals surface area contributed by atoms with Gasteiger partial charge in [0.05, 0.1) is 12.5 Å². The van der Waals surface area contributed by atoms with Crippen LogP contribution in [0.5, 0.6) is 5.75 Å². The fourth-order valence-electron chi connectivity index (χ4n) is 2.47. The summed E-state index contributed by atoms with van der Waals surface area (Å²) in [5.41, 5.74) is -0.339. The number of carboxylic acids is 1. The van der Waals surface area contributed by atoms with Crippen molar-refractivity contribution in [2.45, 2.75) is 24.4 Å². The molecular formula is C14H17NO5. The summed E-state index contributed by atoms with van der Waals surface area (Å²) in [5, 5.41) is 11.9. The van der Waals surface area contributed by atoms with Crippen molar-refractivity contribution in [1.29, 1.82) is 0 Å². The number of hydrogen-bond donors (Lipinski definition) is 2. The lowest BCUT2D eigenvalue weighted by molar-refractivity contribution is -0.153. The van der Waals surface area contributed by atoms with Gasteiger partial charge in [-0.25, -0.2) is 4.79 Å². The van der Waals surface area contributed by atoms with Crippen molar-refractivity contribution < 1.29 is 24.2 Å². The van der Waals surface area contributed by atoms with E-state index in [-0.39, 0.29) is 18.9 Å². The molecule has 1 fully saturated rings. The molecular weight excluding hydrogens is 262 g/mol. The van der Waals surface area contributed by atoms with Crippen LogP contribution < -0.4 is 10.1 Å². The molecule has 0 saturated heterocycles. The number of benzene rings is 1. The zero-order chi connectivity index (χ0) is 14.8. The lowest BCUT2D eigenvalue weighted by Crippen LogP contribution is -2.52. The van der Waals surface area contributed by atoms with E-state index in [2.05, 4.69) is 5.32 Å². The average Bonchev–Trinajstić information content (AvgIpc) is 2.41. The van der Waals surface area contributed by atoms with Crippen molar-refractivity contribution >= 4 is 12.1 Å². The second kappa shape index (κ2) is 5.40. The Hall–Kier alpha value is -2.24. The molecule has 0 unspecified atom stereocenters. The highest BCUT2D eigenvalue weighted by Gasteiger charge is 2.53. The molecule has 0 radical (unpaired) electrons. The maximum absolute atomic E-state index is 11.6. The molecule has 1 amide bonds. The zero-order valence-electron chi connectivity index (χ0n) is 11.4. The Balaban J connectivity index is 2.17. The van der Waals surface area contributed by atoms with Gasteiger partial charge in [-0.2, -0.15) is 0 Å². The van der Waals surface area contributed by atoms with Gasteiger partial charge in [-0.05, 0) is 17.7 Å². The molecule has 108 valence electrons. The molecule has 20 heavy (non-hydrogen) atoms. The van der Waals surface area contributed by atoms with Gasteiger partial charge < -0.3 is 19.9 Å². The maximum Gasteiger partial charge on any atom is 0.407 e. The number of hydrogen-bond acceptors (Lipinski definition) is 4. The average molecular weight is 279 g/mol. The third kappa shape index (κ3) is 2.41. The lowest BCUT2D eigenvalue weighted by atomic mass is 9.62. The van der Waals surface area contributed by atoms with Gasteiger partial charge in [0.2, 0.25) is 0 Å². The van der Waals surface area contributed by atoms with Crippen LogP contribution in [0.4, 0.5) is 4.79 Å². The molecule has 0 bridgehead atoms. The van der Waals surface area contributed by atoms with Crippen LogP contribution >= 0.6 is 0 Å². The minimum Gasteiger partial charge on any atom is -0.497 e. The van der Waals surface area contributed by atoms with Gasteiger partial charge in [-0.15, -0.1) is 0 Å². The molecule has 2 N–H and O–H groups in total. The first kappa shape index (κ1) is 14.2. The Kier molecular flexibility index (Phi) is 3.83. The van der Waals surface area contributed by atoms with E-state index in [1.54, 1.807) is 24.3 Å². The summed E-state index contributed by atoms with van der Waals surface area (Å²) in [6.45, 7) is 0. The molecule has 0 spiro atoms. The van der Waals surface area contributed by atoms with Gasteiger partial charge >= 0.3 is 12.1 Å². The molecule has 1 saturated carbocycles. The van der Waals surface area contributed by atoms with Crippen molar-refractivity contribution in [2.24, 2.45) is 0 Å². The van der Waals surface area contributed by atoms with E-state index in [0.717, 1.165) is 0 Å². The van der Waals surface area contributed by atoms with Gasteiger partial charge in [-0.1, -0.05) is 12.1 Å². The van der Waals surface area contributed by atoms with E-state index in [0.29, 0.717) is 11.3 Å². The van der Waals surface area contributed by atoms with Crippen LogP contribution in [0.3, 0.4) is 0 Å². The summed E-state index contributed by atoms with van der Waals surface area (Å²) in [7, 11) is 3.00. The number of alkyl carbamates (subject to hydrolysis) is 1. The van der Waals surface area contributed by atoms with Gasteiger partial charge in [0.25, 0.3) is 0 Å². The molecule has 2 rings (SSSR count).